The van der Waals surface area contributed by atoms with Crippen LogP contribution in [0.25, 0.3) is 0 Å². The van der Waals surface area contributed by atoms with Crippen molar-refractivity contribution in [3.8, 4) is 0 Å². The molecule has 1 heterocycles. The summed E-state index contributed by atoms with van der Waals surface area (Å²) in [6.07, 6.45) is 3.72. The van der Waals surface area contributed by atoms with Crippen LogP contribution in [0.4, 0.5) is 0 Å². The van der Waals surface area contributed by atoms with Crippen molar-refractivity contribution in [2.24, 2.45) is 0 Å². The van der Waals surface area contributed by atoms with Crippen LogP contribution in [0.5, 0.6) is 0 Å². The summed E-state index contributed by atoms with van der Waals surface area (Å²) in [5, 5.41) is 3.23. The SMILES string of the molecule is O=C(N[C@@H]1CCCc2ccccc21)c1ccccc1S[C@H]1CCS(=O)(=O)C1. The molecule has 0 bridgehead atoms. The lowest BCUT2D eigenvalue weighted by Crippen LogP contribution is -2.31. The quantitative estimate of drug-likeness (QED) is 0.847. The fourth-order valence-corrected chi connectivity index (χ4v) is 7.56. The number of hydrogen-bond acceptors (Lipinski definition) is 4. The molecule has 6 heteroatoms. The fraction of sp³-hybridized carbons (Fsp3) is 0.381. The van der Waals surface area contributed by atoms with Crippen LogP contribution >= 0.6 is 11.8 Å². The average Bonchev–Trinajstić information content (AvgIpc) is 3.01. The van der Waals surface area contributed by atoms with E-state index >= 15 is 0 Å². The van der Waals surface area contributed by atoms with Gasteiger partial charge in [0.25, 0.3) is 5.91 Å². The highest BCUT2D eigenvalue weighted by atomic mass is 32.2. The van der Waals surface area contributed by atoms with Crippen molar-refractivity contribution >= 4 is 27.5 Å². The summed E-state index contributed by atoms with van der Waals surface area (Å²) in [5.74, 6) is 0.363. The molecule has 1 N–H and O–H groups in total. The molecule has 4 nitrogen and oxygen atoms in total. The van der Waals surface area contributed by atoms with E-state index in [4.69, 9.17) is 0 Å². The van der Waals surface area contributed by atoms with E-state index in [0.717, 1.165) is 24.2 Å². The van der Waals surface area contributed by atoms with Gasteiger partial charge in [0.15, 0.2) is 9.84 Å². The minimum absolute atomic E-state index is 0.0272. The van der Waals surface area contributed by atoms with Crippen molar-refractivity contribution in [2.45, 2.75) is 41.9 Å². The van der Waals surface area contributed by atoms with Crippen molar-refractivity contribution in [3.63, 3.8) is 0 Å². The summed E-state index contributed by atoms with van der Waals surface area (Å²) in [6.45, 7) is 0. The molecule has 142 valence electrons. The first-order valence-electron chi connectivity index (χ1n) is 9.36. The Morgan fingerprint density at radius 2 is 1.81 bits per heavy atom. The van der Waals surface area contributed by atoms with Gasteiger partial charge in [0.1, 0.15) is 0 Å². The molecule has 0 aromatic heterocycles. The van der Waals surface area contributed by atoms with Gasteiger partial charge in [0, 0.05) is 10.1 Å². The summed E-state index contributed by atoms with van der Waals surface area (Å²) in [6, 6.07) is 15.8. The van der Waals surface area contributed by atoms with Gasteiger partial charge in [-0.05, 0) is 48.9 Å². The molecule has 0 unspecified atom stereocenters. The lowest BCUT2D eigenvalue weighted by molar-refractivity contribution is 0.0930. The Kier molecular flexibility index (Phi) is 5.28. The molecule has 1 fully saturated rings. The number of benzene rings is 2. The molecule has 2 aliphatic rings. The predicted molar refractivity (Wildman–Crippen MR) is 109 cm³/mol. The van der Waals surface area contributed by atoms with Gasteiger partial charge < -0.3 is 5.32 Å². The summed E-state index contributed by atoms with van der Waals surface area (Å²) < 4.78 is 23.5. The van der Waals surface area contributed by atoms with Gasteiger partial charge in [-0.1, -0.05) is 36.4 Å². The van der Waals surface area contributed by atoms with E-state index in [1.54, 1.807) is 0 Å². The van der Waals surface area contributed by atoms with Gasteiger partial charge in [-0.3, -0.25) is 4.79 Å². The smallest absolute Gasteiger partial charge is 0.252 e. The van der Waals surface area contributed by atoms with Crippen LogP contribution in [0.3, 0.4) is 0 Å². The highest BCUT2D eigenvalue weighted by molar-refractivity contribution is 8.02. The Balaban J connectivity index is 1.52. The van der Waals surface area contributed by atoms with E-state index < -0.39 is 9.84 Å². The number of amides is 1. The molecule has 0 radical (unpaired) electrons. The number of rotatable bonds is 4. The van der Waals surface area contributed by atoms with Crippen LogP contribution < -0.4 is 5.32 Å². The molecule has 1 aliphatic carbocycles. The molecule has 27 heavy (non-hydrogen) atoms. The molecule has 4 rings (SSSR count). The highest BCUT2D eigenvalue weighted by Crippen LogP contribution is 2.34. The van der Waals surface area contributed by atoms with Crippen LogP contribution in [-0.4, -0.2) is 31.1 Å². The van der Waals surface area contributed by atoms with Crippen LogP contribution in [0, 0.1) is 0 Å². The first-order chi connectivity index (χ1) is 13.0. The number of thioether (sulfide) groups is 1. The number of fused-ring (bicyclic) bond motifs is 1. The number of aryl methyl sites for hydroxylation is 1. The zero-order valence-electron chi connectivity index (χ0n) is 15.1. The van der Waals surface area contributed by atoms with Gasteiger partial charge in [-0.15, -0.1) is 11.8 Å². The second-order valence-electron chi connectivity index (χ2n) is 7.26. The van der Waals surface area contributed by atoms with Crippen molar-refractivity contribution in [1.82, 2.24) is 5.32 Å². The zero-order valence-corrected chi connectivity index (χ0v) is 16.7. The Morgan fingerprint density at radius 3 is 2.63 bits per heavy atom. The fourth-order valence-electron chi connectivity index (χ4n) is 3.93. The first kappa shape index (κ1) is 18.6. The van der Waals surface area contributed by atoms with Crippen molar-refractivity contribution < 1.29 is 13.2 Å². The molecule has 1 aliphatic heterocycles. The summed E-state index contributed by atoms with van der Waals surface area (Å²) in [5.41, 5.74) is 3.16. The summed E-state index contributed by atoms with van der Waals surface area (Å²) in [7, 11) is -2.93. The molecular weight excluding hydrogens is 378 g/mol. The number of carbonyl (C=O) groups excluding carboxylic acids is 1. The van der Waals surface area contributed by atoms with E-state index in [0.29, 0.717) is 12.0 Å². The van der Waals surface area contributed by atoms with E-state index in [1.165, 1.54) is 22.9 Å². The Labute approximate surface area is 164 Å². The first-order valence-corrected chi connectivity index (χ1v) is 12.1. The van der Waals surface area contributed by atoms with Gasteiger partial charge >= 0.3 is 0 Å². The highest BCUT2D eigenvalue weighted by Gasteiger charge is 2.30. The number of hydrogen-bond donors (Lipinski definition) is 1. The normalized spacial score (nSPS) is 23.6. The number of sulfone groups is 1. The van der Waals surface area contributed by atoms with Crippen LogP contribution in [-0.2, 0) is 16.3 Å². The van der Waals surface area contributed by atoms with Crippen LogP contribution in [0.15, 0.2) is 53.4 Å². The molecule has 0 spiro atoms. The van der Waals surface area contributed by atoms with Crippen molar-refractivity contribution in [2.75, 3.05) is 11.5 Å². The lowest BCUT2D eigenvalue weighted by atomic mass is 9.87. The molecule has 2 atom stereocenters. The predicted octanol–water partition coefficient (Wildman–Crippen LogP) is 3.77. The maximum absolute atomic E-state index is 13.0. The zero-order chi connectivity index (χ0) is 18.9. The maximum Gasteiger partial charge on any atom is 0.252 e. The Bertz CT molecular complexity index is 955. The summed E-state index contributed by atoms with van der Waals surface area (Å²) in [4.78, 5) is 13.9. The van der Waals surface area contributed by atoms with E-state index in [1.807, 2.05) is 36.4 Å². The van der Waals surface area contributed by atoms with Crippen molar-refractivity contribution in [1.29, 1.82) is 0 Å². The summed E-state index contributed by atoms with van der Waals surface area (Å²) >= 11 is 1.52. The molecular formula is C21H23NO3S2. The molecule has 2 aromatic carbocycles. The van der Waals surface area contributed by atoms with Crippen LogP contribution in [0.1, 0.15) is 46.8 Å². The molecule has 1 amide bonds. The van der Waals surface area contributed by atoms with E-state index in [2.05, 4.69) is 17.4 Å². The average molecular weight is 402 g/mol. The third kappa shape index (κ3) is 4.22. The van der Waals surface area contributed by atoms with Gasteiger partial charge in [-0.25, -0.2) is 8.42 Å². The topological polar surface area (TPSA) is 63.2 Å². The standard InChI is InChI=1S/C21H23NO3S2/c23-21(22-19-10-5-7-15-6-1-2-8-17(15)19)18-9-3-4-11-20(18)26-16-12-13-27(24,25)14-16/h1-4,6,8-9,11,16,19H,5,7,10,12-14H2,(H,22,23)/t16-,19+/m0/s1. The minimum Gasteiger partial charge on any atom is -0.345 e. The Hall–Kier alpha value is -1.79. The number of nitrogens with one attached hydrogen (secondary N) is 1. The molecule has 2 aromatic rings. The van der Waals surface area contributed by atoms with E-state index in [9.17, 15) is 13.2 Å². The van der Waals surface area contributed by atoms with Gasteiger partial charge in [-0.2, -0.15) is 0 Å². The van der Waals surface area contributed by atoms with Gasteiger partial charge in [0.05, 0.1) is 23.1 Å². The molecule has 1 saturated heterocycles. The number of carbonyl (C=O) groups is 1. The second-order valence-corrected chi connectivity index (χ2v) is 10.8. The third-order valence-corrected chi connectivity index (χ3v) is 8.62. The molecule has 0 saturated carbocycles. The second kappa shape index (κ2) is 7.68. The van der Waals surface area contributed by atoms with E-state index in [-0.39, 0.29) is 28.7 Å². The lowest BCUT2D eigenvalue weighted by Gasteiger charge is -2.26. The third-order valence-electron chi connectivity index (χ3n) is 5.29. The van der Waals surface area contributed by atoms with Gasteiger partial charge in [0.2, 0.25) is 0 Å². The van der Waals surface area contributed by atoms with Crippen LogP contribution in [0.2, 0.25) is 0 Å². The van der Waals surface area contributed by atoms with Crippen molar-refractivity contribution in [3.05, 3.63) is 65.2 Å². The Morgan fingerprint density at radius 1 is 1.04 bits per heavy atom. The maximum atomic E-state index is 13.0. The monoisotopic (exact) mass is 401 g/mol. The minimum atomic E-state index is -2.93. The largest absolute Gasteiger partial charge is 0.345 e.